The second kappa shape index (κ2) is 17.9. The third-order valence-electron chi connectivity index (χ3n) is 14.1. The normalized spacial score (nSPS) is 11.8. The Hall–Kier alpha value is -3.90. The van der Waals surface area contributed by atoms with Crippen molar-refractivity contribution < 1.29 is 0 Å². The Morgan fingerprint density at radius 3 is 0.569 bits per heavy atom. The minimum absolute atomic E-state index is 0.0185. The molecule has 0 aliphatic heterocycles. The summed E-state index contributed by atoms with van der Waals surface area (Å²) < 4.78 is 0. The van der Waals surface area contributed by atoms with Gasteiger partial charge in [0.15, 0.2) is 0 Å². The van der Waals surface area contributed by atoms with Gasteiger partial charge in [-0.3, -0.25) is 0 Å². The van der Waals surface area contributed by atoms with Gasteiger partial charge in [0.05, 0.1) is 0 Å². The van der Waals surface area contributed by atoms with Crippen molar-refractivity contribution in [2.45, 2.75) is 0 Å². The van der Waals surface area contributed by atoms with E-state index in [-0.39, 0.29) is 240 Å². The Kier molecular flexibility index (Phi) is 13.1. The molecule has 0 heterocycles. The van der Waals surface area contributed by atoms with Crippen LogP contribution in [0.5, 0.6) is 0 Å². The van der Waals surface area contributed by atoms with Crippen molar-refractivity contribution in [1.82, 2.24) is 0 Å². The van der Waals surface area contributed by atoms with Crippen LogP contribution in [0.25, 0.3) is 87.2 Å². The molecule has 9 aromatic carbocycles. The standard InChI is InChI=1S/C44B28/c45-17-9-12-15(32(60)43(71)42(70)26(12)54)30(58)29(57)14(9)28(56)27(55)13(17)10-7(23(51)39(67)40(68)24(10)52)1-3-5(21(49)37(65)35(63)19(3)47)2(6-4(1)20(48)36(64)38(66)22(6)50)8-11-16(31(59)34(62)18(8)46)33(61)44(72)41(69)25(11)53. The van der Waals surface area contributed by atoms with E-state index in [1.807, 2.05) is 0 Å². The molecule has 0 amide bonds. The molecule has 0 fully saturated rings. The highest BCUT2D eigenvalue weighted by Gasteiger charge is 2.32. The fourth-order valence-corrected chi connectivity index (χ4v) is 10.2. The largest absolute Gasteiger partial charge is 0.115 e. The van der Waals surface area contributed by atoms with Crippen molar-refractivity contribution in [1.29, 1.82) is 0 Å². The maximum atomic E-state index is 7.32. The molecule has 0 saturated heterocycles. The van der Waals surface area contributed by atoms with Crippen molar-refractivity contribution >= 4 is 427 Å². The molecular formula is C44B28. The minimum Gasteiger partial charge on any atom is -0.110 e. The lowest BCUT2D eigenvalue weighted by Crippen LogP contribution is -2.53. The van der Waals surface area contributed by atoms with Gasteiger partial charge in [-0.15, -0.1) is 60.1 Å². The highest BCUT2D eigenvalue weighted by molar-refractivity contribution is 6.78. The Morgan fingerprint density at radius 2 is 0.236 bits per heavy atom. The van der Waals surface area contributed by atoms with Gasteiger partial charge in [0.25, 0.3) is 0 Å². The fourth-order valence-electron chi connectivity index (χ4n) is 10.2. The summed E-state index contributed by atoms with van der Waals surface area (Å²) in [7, 11) is 191. The molecule has 0 nitrogen and oxygen atoms in total. The molecule has 9 rings (SSSR count). The molecule has 28 heteroatoms. The first kappa shape index (κ1) is 52.9. The molecule has 0 saturated carbocycles. The Morgan fingerprint density at radius 1 is 0.0833 bits per heavy atom. The summed E-state index contributed by atoms with van der Waals surface area (Å²) in [6, 6.07) is 0. The van der Waals surface area contributed by atoms with E-state index in [9.17, 15) is 0 Å². The Labute approximate surface area is 456 Å². The zero-order valence-corrected chi connectivity index (χ0v) is 38.2. The zero-order chi connectivity index (χ0) is 53.4. The van der Waals surface area contributed by atoms with Gasteiger partial charge in [-0.05, 0) is 87.2 Å². The highest BCUT2D eigenvalue weighted by Crippen LogP contribution is 2.43. The van der Waals surface area contributed by atoms with Crippen molar-refractivity contribution in [3.05, 3.63) is 0 Å². The second-order valence-electron chi connectivity index (χ2n) is 17.6. The first-order valence-corrected chi connectivity index (χ1v) is 21.1. The molecule has 56 radical (unpaired) electrons. The maximum Gasteiger partial charge on any atom is 0.115 e. The van der Waals surface area contributed by atoms with Crippen molar-refractivity contribution in [3.8, 4) is 33.4 Å². The van der Waals surface area contributed by atoms with E-state index in [1.165, 1.54) is 0 Å². The monoisotopic (exact) mass is 836 g/mol. The van der Waals surface area contributed by atoms with Gasteiger partial charge >= 0.3 is 0 Å². The third kappa shape index (κ3) is 6.72. The van der Waals surface area contributed by atoms with Crippen LogP contribution in [0.1, 0.15) is 0 Å². The predicted octanol–water partition coefficient (Wildman–Crippen LogP) is -21.3. The average Bonchev–Trinajstić information content (AvgIpc) is 3.35. The van der Waals surface area contributed by atoms with Crippen LogP contribution >= 0.6 is 0 Å². The zero-order valence-electron chi connectivity index (χ0n) is 38.2. The molecule has 0 aliphatic carbocycles. The number of hydrogen-bond donors (Lipinski definition) is 0. The highest BCUT2D eigenvalue weighted by atomic mass is 14.3. The van der Waals surface area contributed by atoms with E-state index >= 15 is 0 Å². The van der Waals surface area contributed by atoms with Crippen molar-refractivity contribution in [3.63, 3.8) is 0 Å². The lowest BCUT2D eigenvalue weighted by Gasteiger charge is -2.34. The lowest BCUT2D eigenvalue weighted by atomic mass is 9.55. The first-order chi connectivity index (χ1) is 33.5. The number of fused-ring (bicyclic) bond motifs is 6. The molecule has 72 heavy (non-hydrogen) atoms. The molecule has 9 aromatic rings. The van der Waals surface area contributed by atoms with Crippen molar-refractivity contribution in [2.24, 2.45) is 0 Å². The topological polar surface area (TPSA) is 0 Å². The number of hydrogen-bond acceptors (Lipinski definition) is 0. The maximum absolute atomic E-state index is 7.32. The average molecular weight is 831 g/mol. The van der Waals surface area contributed by atoms with Gasteiger partial charge < -0.3 is 0 Å². The summed E-state index contributed by atoms with van der Waals surface area (Å²) in [5.74, 6) is 0. The summed E-state index contributed by atoms with van der Waals surface area (Å²) in [6.45, 7) is 0. The van der Waals surface area contributed by atoms with Crippen LogP contribution in [-0.2, 0) is 0 Å². The van der Waals surface area contributed by atoms with E-state index in [0.29, 0.717) is 0 Å². The van der Waals surface area contributed by atoms with Gasteiger partial charge in [-0.2, -0.15) is 0 Å². The van der Waals surface area contributed by atoms with Crippen LogP contribution in [0.4, 0.5) is 0 Å². The Balaban J connectivity index is 1.67. The van der Waals surface area contributed by atoms with Crippen LogP contribution in [0.3, 0.4) is 0 Å². The second-order valence-corrected chi connectivity index (χ2v) is 17.6. The van der Waals surface area contributed by atoms with Crippen LogP contribution in [0.2, 0.25) is 0 Å². The van der Waals surface area contributed by atoms with E-state index in [0.717, 1.165) is 0 Å². The number of benzene rings is 9. The van der Waals surface area contributed by atoms with Gasteiger partial charge in [0.2, 0.25) is 0 Å². The van der Waals surface area contributed by atoms with Crippen LogP contribution in [0.15, 0.2) is 0 Å². The van der Waals surface area contributed by atoms with Gasteiger partial charge in [0.1, 0.15) is 220 Å². The van der Waals surface area contributed by atoms with E-state index in [2.05, 4.69) is 0 Å². The molecule has 0 aliphatic rings. The third-order valence-corrected chi connectivity index (χ3v) is 14.1. The van der Waals surface area contributed by atoms with Crippen LogP contribution in [0, 0.1) is 0 Å². The lowest BCUT2D eigenvalue weighted by molar-refractivity contribution is 1.80. The summed E-state index contributed by atoms with van der Waals surface area (Å²) in [6.07, 6.45) is 0. The summed E-state index contributed by atoms with van der Waals surface area (Å²) in [4.78, 5) is 0. The smallest absolute Gasteiger partial charge is 0.110 e. The van der Waals surface area contributed by atoms with E-state index in [4.69, 9.17) is 220 Å². The van der Waals surface area contributed by atoms with Crippen LogP contribution in [-0.4, -0.2) is 220 Å². The van der Waals surface area contributed by atoms with Crippen LogP contribution < -0.4 is 153 Å². The molecule has 0 aromatic heterocycles. The molecule has 260 valence electrons. The van der Waals surface area contributed by atoms with Gasteiger partial charge in [0, 0.05) is 0 Å². The minimum atomic E-state index is -0.282. The molecule has 0 bridgehead atoms. The summed E-state index contributed by atoms with van der Waals surface area (Å²) in [5.41, 5.74) is -5.54. The first-order valence-electron chi connectivity index (χ1n) is 21.1. The Bertz CT molecular complexity index is 4030. The van der Waals surface area contributed by atoms with E-state index < -0.39 is 0 Å². The summed E-state index contributed by atoms with van der Waals surface area (Å²) >= 11 is 0. The van der Waals surface area contributed by atoms with E-state index in [1.54, 1.807) is 0 Å². The predicted molar refractivity (Wildman–Crippen MR) is 341 cm³/mol. The fraction of sp³-hybridized carbons (Fsp3) is 0. The quantitative estimate of drug-likeness (QED) is 0.0945. The molecular weight excluding hydrogens is 831 g/mol. The molecule has 0 spiro atoms. The number of rotatable bonds is 3. The summed E-state index contributed by atoms with van der Waals surface area (Å²) in [5, 5.41) is 0.141. The molecule has 0 atom stereocenters. The molecule has 0 unspecified atom stereocenters. The van der Waals surface area contributed by atoms with Gasteiger partial charge in [-0.25, -0.2) is 0 Å². The SMILES string of the molecule is [B]c1c([B])c([B])c(-c2c3c([B])c([B])c([B])c([B])c3c(-c3c([B])c([B])c([B])c4c([B])c([B])c([B])c([B])c34)c3c([B])c([B])c([B])c([B])c23)c(-c2c([B])c([B])c3c([B])c([B])c4c([B])c([B])c([B])c([B])c4c3c2[B])c1[B]. The molecule has 0 N–H and O–H groups in total. The van der Waals surface area contributed by atoms with Gasteiger partial charge in [-0.1, -0.05) is 92.9 Å². The van der Waals surface area contributed by atoms with Crippen molar-refractivity contribution in [2.75, 3.05) is 0 Å².